The van der Waals surface area contributed by atoms with Gasteiger partial charge >= 0.3 is 0 Å². The normalized spacial score (nSPS) is 22.7. The lowest BCUT2D eigenvalue weighted by Crippen LogP contribution is -2.34. The quantitative estimate of drug-likeness (QED) is 0.807. The number of hydrogen-bond donors (Lipinski definition) is 2. The summed E-state index contributed by atoms with van der Waals surface area (Å²) >= 11 is 0. The minimum atomic E-state index is 0.352. The van der Waals surface area contributed by atoms with Crippen molar-refractivity contribution in [3.8, 4) is 5.75 Å². The summed E-state index contributed by atoms with van der Waals surface area (Å²) < 4.78 is 0. The van der Waals surface area contributed by atoms with Crippen LogP contribution in [0.2, 0.25) is 0 Å². The van der Waals surface area contributed by atoms with Gasteiger partial charge in [-0.2, -0.15) is 0 Å². The van der Waals surface area contributed by atoms with E-state index in [2.05, 4.69) is 12.2 Å². The number of benzene rings is 1. The van der Waals surface area contributed by atoms with E-state index in [-0.39, 0.29) is 0 Å². The van der Waals surface area contributed by atoms with Crippen LogP contribution in [-0.4, -0.2) is 17.7 Å². The van der Waals surface area contributed by atoms with Crippen LogP contribution in [0.5, 0.6) is 5.75 Å². The zero-order valence-corrected chi connectivity index (χ0v) is 11.2. The van der Waals surface area contributed by atoms with E-state index in [9.17, 15) is 5.11 Å². The summed E-state index contributed by atoms with van der Waals surface area (Å²) in [5.41, 5.74) is 1.98. The van der Waals surface area contributed by atoms with Crippen LogP contribution in [0.25, 0.3) is 0 Å². The van der Waals surface area contributed by atoms with Gasteiger partial charge in [0.05, 0.1) is 0 Å². The fourth-order valence-electron chi connectivity index (χ4n) is 3.02. The summed E-state index contributed by atoms with van der Waals surface area (Å²) in [5.74, 6) is 1.39. The minimum absolute atomic E-state index is 0.352. The van der Waals surface area contributed by atoms with Crippen LogP contribution in [0.1, 0.15) is 38.2 Å². The lowest BCUT2D eigenvalue weighted by molar-refractivity contribution is 0.378. The third-order valence-electron chi connectivity index (χ3n) is 4.62. The van der Waals surface area contributed by atoms with Gasteiger partial charge in [0.1, 0.15) is 5.75 Å². The number of phenols is 1. The van der Waals surface area contributed by atoms with Gasteiger partial charge in [0, 0.05) is 12.6 Å². The molecule has 1 aromatic rings. The summed E-state index contributed by atoms with van der Waals surface area (Å²) in [5, 5.41) is 13.0. The molecule has 2 heteroatoms. The second kappa shape index (κ2) is 4.58. The molecule has 2 aliphatic carbocycles. The molecule has 98 valence electrons. The van der Waals surface area contributed by atoms with Gasteiger partial charge in [0.25, 0.3) is 0 Å². The maximum atomic E-state index is 9.26. The van der Waals surface area contributed by atoms with Crippen LogP contribution >= 0.6 is 0 Å². The standard InChI is InChI=1S/C16H23NO/c1-12(10-13-2-6-15(18)7-3-13)17-11-16(8-9-16)14-4-5-14/h2-3,6-7,12,14,17-18H,4-5,8-11H2,1H3. The monoisotopic (exact) mass is 245 g/mol. The Morgan fingerprint density at radius 2 is 1.94 bits per heavy atom. The highest BCUT2D eigenvalue weighted by Gasteiger charge is 2.53. The zero-order valence-electron chi connectivity index (χ0n) is 11.2. The Labute approximate surface area is 109 Å². The smallest absolute Gasteiger partial charge is 0.115 e. The maximum Gasteiger partial charge on any atom is 0.115 e. The van der Waals surface area contributed by atoms with Crippen LogP contribution in [0.3, 0.4) is 0 Å². The molecular formula is C16H23NO. The van der Waals surface area contributed by atoms with Crippen molar-refractivity contribution >= 4 is 0 Å². The topological polar surface area (TPSA) is 32.3 Å². The number of phenolic OH excluding ortho intramolecular Hbond substituents is 1. The number of nitrogens with one attached hydrogen (secondary N) is 1. The fraction of sp³-hybridized carbons (Fsp3) is 0.625. The molecule has 18 heavy (non-hydrogen) atoms. The van der Waals surface area contributed by atoms with Gasteiger partial charge in [-0.05, 0) is 68.1 Å². The van der Waals surface area contributed by atoms with Crippen molar-refractivity contribution in [1.29, 1.82) is 0 Å². The van der Waals surface area contributed by atoms with Crippen molar-refractivity contribution in [3.05, 3.63) is 29.8 Å². The first-order chi connectivity index (χ1) is 8.68. The Bertz CT molecular complexity index is 404. The van der Waals surface area contributed by atoms with Crippen molar-refractivity contribution in [3.63, 3.8) is 0 Å². The molecule has 0 aliphatic heterocycles. The Morgan fingerprint density at radius 1 is 1.28 bits per heavy atom. The summed E-state index contributed by atoms with van der Waals surface area (Å²) in [4.78, 5) is 0. The molecule has 2 fully saturated rings. The molecule has 0 bridgehead atoms. The molecule has 3 rings (SSSR count). The van der Waals surface area contributed by atoms with Gasteiger partial charge < -0.3 is 10.4 Å². The fourth-order valence-corrected chi connectivity index (χ4v) is 3.02. The van der Waals surface area contributed by atoms with Crippen LogP contribution < -0.4 is 5.32 Å². The van der Waals surface area contributed by atoms with E-state index in [1.807, 2.05) is 12.1 Å². The predicted molar refractivity (Wildman–Crippen MR) is 73.7 cm³/mol. The zero-order chi connectivity index (χ0) is 12.6. The van der Waals surface area contributed by atoms with Gasteiger partial charge in [-0.15, -0.1) is 0 Å². The third kappa shape index (κ3) is 2.69. The highest BCUT2D eigenvalue weighted by Crippen LogP contribution is 2.60. The molecule has 1 aromatic carbocycles. The number of hydrogen-bond acceptors (Lipinski definition) is 2. The van der Waals surface area contributed by atoms with Gasteiger partial charge in [-0.25, -0.2) is 0 Å². The largest absolute Gasteiger partial charge is 0.508 e. The second-order valence-electron chi connectivity index (χ2n) is 6.29. The van der Waals surface area contributed by atoms with E-state index in [4.69, 9.17) is 0 Å². The Balaban J connectivity index is 1.46. The van der Waals surface area contributed by atoms with Gasteiger partial charge in [-0.1, -0.05) is 12.1 Å². The minimum Gasteiger partial charge on any atom is -0.508 e. The van der Waals surface area contributed by atoms with Crippen molar-refractivity contribution in [2.75, 3.05) is 6.54 Å². The molecule has 2 N–H and O–H groups in total. The lowest BCUT2D eigenvalue weighted by atomic mass is 9.99. The third-order valence-corrected chi connectivity index (χ3v) is 4.62. The van der Waals surface area contributed by atoms with E-state index in [0.717, 1.165) is 12.3 Å². The number of aromatic hydroxyl groups is 1. The SMILES string of the molecule is CC(Cc1ccc(O)cc1)NCC1(C2CC2)CC1. The van der Waals surface area contributed by atoms with Gasteiger partial charge in [0.2, 0.25) is 0 Å². The summed E-state index contributed by atoms with van der Waals surface area (Å²) in [6, 6.07) is 8.09. The van der Waals surface area contributed by atoms with E-state index < -0.39 is 0 Å². The van der Waals surface area contributed by atoms with Crippen molar-refractivity contribution in [2.24, 2.45) is 11.3 Å². The lowest BCUT2D eigenvalue weighted by Gasteiger charge is -2.20. The average molecular weight is 245 g/mol. The molecule has 2 aliphatic rings. The molecule has 0 amide bonds. The van der Waals surface area contributed by atoms with Crippen LogP contribution in [0.15, 0.2) is 24.3 Å². The second-order valence-corrected chi connectivity index (χ2v) is 6.29. The van der Waals surface area contributed by atoms with Crippen LogP contribution in [-0.2, 0) is 6.42 Å². The highest BCUT2D eigenvalue weighted by atomic mass is 16.3. The van der Waals surface area contributed by atoms with Crippen LogP contribution in [0.4, 0.5) is 0 Å². The van der Waals surface area contributed by atoms with Crippen molar-refractivity contribution in [2.45, 2.75) is 45.1 Å². The van der Waals surface area contributed by atoms with Gasteiger partial charge in [-0.3, -0.25) is 0 Å². The number of rotatable bonds is 6. The first-order valence-corrected chi connectivity index (χ1v) is 7.19. The summed E-state index contributed by atoms with van der Waals surface area (Å²) in [6.07, 6.45) is 6.86. The van der Waals surface area contributed by atoms with E-state index in [1.165, 1.54) is 37.8 Å². The molecule has 2 nitrogen and oxygen atoms in total. The Morgan fingerprint density at radius 3 is 2.50 bits per heavy atom. The molecule has 0 heterocycles. The Hall–Kier alpha value is -1.02. The van der Waals surface area contributed by atoms with Crippen LogP contribution in [0, 0.1) is 11.3 Å². The van der Waals surface area contributed by atoms with Crippen molar-refractivity contribution < 1.29 is 5.11 Å². The molecule has 0 spiro atoms. The predicted octanol–water partition coefficient (Wildman–Crippen LogP) is 3.10. The molecule has 0 aromatic heterocycles. The molecule has 1 unspecified atom stereocenters. The van der Waals surface area contributed by atoms with E-state index >= 15 is 0 Å². The molecular weight excluding hydrogens is 222 g/mol. The van der Waals surface area contributed by atoms with Gasteiger partial charge in [0.15, 0.2) is 0 Å². The van der Waals surface area contributed by atoms with E-state index in [0.29, 0.717) is 17.2 Å². The molecule has 0 saturated heterocycles. The first kappa shape index (κ1) is 12.0. The first-order valence-electron chi connectivity index (χ1n) is 7.19. The Kier molecular flexibility index (Phi) is 3.06. The molecule has 2 saturated carbocycles. The average Bonchev–Trinajstić information content (AvgIpc) is 3.22. The maximum absolute atomic E-state index is 9.26. The van der Waals surface area contributed by atoms with Crippen molar-refractivity contribution in [1.82, 2.24) is 5.32 Å². The molecule has 0 radical (unpaired) electrons. The van der Waals surface area contributed by atoms with E-state index in [1.54, 1.807) is 12.1 Å². The highest BCUT2D eigenvalue weighted by molar-refractivity contribution is 5.26. The summed E-state index contributed by atoms with van der Waals surface area (Å²) in [6.45, 7) is 3.47. The summed E-state index contributed by atoms with van der Waals surface area (Å²) in [7, 11) is 0. The molecule has 1 atom stereocenters.